The largest absolute Gasteiger partial charge is 0.494 e. The number of nitrogens with zero attached hydrogens (tertiary/aromatic N) is 3. The molecule has 1 amide bonds. The van der Waals surface area contributed by atoms with Crippen molar-refractivity contribution in [1.29, 1.82) is 5.26 Å². The van der Waals surface area contributed by atoms with Crippen molar-refractivity contribution in [2.24, 2.45) is 0 Å². The van der Waals surface area contributed by atoms with Crippen LogP contribution in [0.3, 0.4) is 0 Å². The maximum atomic E-state index is 13.4. The molecule has 0 N–H and O–H groups in total. The molecule has 3 aromatic rings. The molecule has 0 radical (unpaired) electrons. The summed E-state index contributed by atoms with van der Waals surface area (Å²) in [5, 5.41) is 9.07. The highest BCUT2D eigenvalue weighted by atomic mass is 32.2. The summed E-state index contributed by atoms with van der Waals surface area (Å²) in [6.07, 6.45) is 0.132. The number of anilines is 2. The number of nitriles is 1. The monoisotopic (exact) mass is 477 g/mol. The van der Waals surface area contributed by atoms with Gasteiger partial charge in [-0.3, -0.25) is 9.10 Å². The predicted octanol–water partition coefficient (Wildman–Crippen LogP) is 4.78. The van der Waals surface area contributed by atoms with E-state index in [1.165, 1.54) is 28.4 Å². The molecule has 3 aromatic carbocycles. The third kappa shape index (κ3) is 5.56. The Morgan fingerprint density at radius 3 is 2.26 bits per heavy atom. The molecule has 0 aliphatic rings. The highest BCUT2D eigenvalue weighted by Gasteiger charge is 2.24. The van der Waals surface area contributed by atoms with Crippen molar-refractivity contribution < 1.29 is 17.9 Å². The number of ether oxygens (including phenoxy) is 1. The minimum atomic E-state index is -3.89. The first-order valence-corrected chi connectivity index (χ1v) is 12.3. The number of hydrogen-bond acceptors (Lipinski definition) is 5. The van der Waals surface area contributed by atoms with Gasteiger partial charge in [-0.25, -0.2) is 8.42 Å². The number of hydrogen-bond donors (Lipinski definition) is 0. The lowest BCUT2D eigenvalue weighted by Crippen LogP contribution is -2.32. The van der Waals surface area contributed by atoms with Gasteiger partial charge in [0.2, 0.25) is 0 Å². The van der Waals surface area contributed by atoms with Gasteiger partial charge >= 0.3 is 0 Å². The lowest BCUT2D eigenvalue weighted by molar-refractivity contribution is 0.0987. The number of carbonyl (C=O) groups is 1. The third-order valence-corrected chi connectivity index (χ3v) is 7.07. The fraction of sp³-hybridized carbons (Fsp3) is 0.231. The molecule has 0 spiro atoms. The maximum Gasteiger partial charge on any atom is 0.264 e. The Morgan fingerprint density at radius 2 is 1.65 bits per heavy atom. The van der Waals surface area contributed by atoms with Crippen LogP contribution in [-0.4, -0.2) is 34.5 Å². The van der Waals surface area contributed by atoms with E-state index in [1.807, 2.05) is 26.0 Å². The molecule has 0 saturated heterocycles. The summed E-state index contributed by atoms with van der Waals surface area (Å²) in [4.78, 5) is 14.9. The normalized spacial score (nSPS) is 10.9. The number of sulfonamides is 1. The van der Waals surface area contributed by atoms with E-state index in [0.717, 1.165) is 5.56 Å². The van der Waals surface area contributed by atoms with E-state index < -0.39 is 15.9 Å². The van der Waals surface area contributed by atoms with Crippen molar-refractivity contribution >= 4 is 27.3 Å². The zero-order valence-corrected chi connectivity index (χ0v) is 20.2. The van der Waals surface area contributed by atoms with E-state index >= 15 is 0 Å². The highest BCUT2D eigenvalue weighted by Crippen LogP contribution is 2.25. The first-order valence-electron chi connectivity index (χ1n) is 10.8. The van der Waals surface area contributed by atoms with E-state index in [9.17, 15) is 13.2 Å². The van der Waals surface area contributed by atoms with Gasteiger partial charge in [-0.2, -0.15) is 5.26 Å². The van der Waals surface area contributed by atoms with Crippen LogP contribution in [0, 0.1) is 18.3 Å². The maximum absolute atomic E-state index is 13.4. The minimum Gasteiger partial charge on any atom is -0.494 e. The molecule has 0 unspecified atom stereocenters. The smallest absolute Gasteiger partial charge is 0.264 e. The third-order valence-electron chi connectivity index (χ3n) is 5.29. The zero-order chi connectivity index (χ0) is 24.7. The molecule has 0 atom stereocenters. The van der Waals surface area contributed by atoms with Gasteiger partial charge in [0.05, 0.1) is 29.7 Å². The van der Waals surface area contributed by atoms with Crippen LogP contribution in [0.2, 0.25) is 0 Å². The molecular formula is C26H27N3O4S. The highest BCUT2D eigenvalue weighted by molar-refractivity contribution is 7.92. The second kappa shape index (κ2) is 10.9. The first-order chi connectivity index (χ1) is 16.3. The molecule has 0 aliphatic carbocycles. The average molecular weight is 478 g/mol. The topological polar surface area (TPSA) is 90.7 Å². The summed E-state index contributed by atoms with van der Waals surface area (Å²) in [5.41, 5.74) is 2.35. The van der Waals surface area contributed by atoms with E-state index in [0.29, 0.717) is 23.7 Å². The average Bonchev–Trinajstić information content (AvgIpc) is 2.85. The molecule has 0 bridgehead atoms. The van der Waals surface area contributed by atoms with Crippen LogP contribution in [0.5, 0.6) is 5.75 Å². The molecule has 176 valence electrons. The summed E-state index contributed by atoms with van der Waals surface area (Å²) in [7, 11) is -2.41. The quantitative estimate of drug-likeness (QED) is 0.442. The van der Waals surface area contributed by atoms with Gasteiger partial charge in [0, 0.05) is 24.8 Å². The molecule has 0 aliphatic heterocycles. The second-order valence-electron chi connectivity index (χ2n) is 7.63. The SMILES string of the molecule is CCOc1ccc(N(CCC#N)C(=O)c2cccc(S(=O)(=O)N(C)c3ccc(C)cc3)c2)cc1. The van der Waals surface area contributed by atoms with Gasteiger partial charge in [-0.05, 0) is 68.4 Å². The van der Waals surface area contributed by atoms with Crippen molar-refractivity contribution in [3.8, 4) is 11.8 Å². The lowest BCUT2D eigenvalue weighted by Gasteiger charge is -2.23. The van der Waals surface area contributed by atoms with E-state index in [-0.39, 0.29) is 23.4 Å². The van der Waals surface area contributed by atoms with Crippen LogP contribution in [0.1, 0.15) is 29.3 Å². The Morgan fingerprint density at radius 1 is 1.00 bits per heavy atom. The van der Waals surface area contributed by atoms with Crippen LogP contribution in [0.4, 0.5) is 11.4 Å². The van der Waals surface area contributed by atoms with Gasteiger partial charge in [0.15, 0.2) is 0 Å². The summed E-state index contributed by atoms with van der Waals surface area (Å²) >= 11 is 0. The Labute approximate surface area is 200 Å². The van der Waals surface area contributed by atoms with E-state index in [1.54, 1.807) is 48.5 Å². The number of benzene rings is 3. The van der Waals surface area contributed by atoms with Gasteiger partial charge in [0.1, 0.15) is 5.75 Å². The minimum absolute atomic E-state index is 0.00773. The molecule has 0 aromatic heterocycles. The van der Waals surface area contributed by atoms with Crippen molar-refractivity contribution in [1.82, 2.24) is 0 Å². The van der Waals surface area contributed by atoms with Gasteiger partial charge < -0.3 is 9.64 Å². The molecular weight excluding hydrogens is 450 g/mol. The standard InChI is InChI=1S/C26H27N3O4S/c1-4-33-24-15-13-23(14-16-24)29(18-6-17-27)26(30)21-7-5-8-25(19-21)34(31,32)28(3)22-11-9-20(2)10-12-22/h5,7-16,19H,4,6,18H2,1-3H3. The fourth-order valence-electron chi connectivity index (χ4n) is 3.40. The molecule has 3 rings (SSSR count). The Hall–Kier alpha value is -3.83. The van der Waals surface area contributed by atoms with Crippen LogP contribution in [0.25, 0.3) is 0 Å². The molecule has 7 nitrogen and oxygen atoms in total. The lowest BCUT2D eigenvalue weighted by atomic mass is 10.1. The van der Waals surface area contributed by atoms with Crippen LogP contribution in [0.15, 0.2) is 77.7 Å². The van der Waals surface area contributed by atoms with Crippen LogP contribution >= 0.6 is 0 Å². The molecule has 8 heteroatoms. The van der Waals surface area contributed by atoms with Crippen molar-refractivity contribution in [2.45, 2.75) is 25.2 Å². The molecule has 0 heterocycles. The summed E-state index contributed by atoms with van der Waals surface area (Å²) in [6, 6.07) is 22.1. The van der Waals surface area contributed by atoms with Gasteiger partial charge in [0.25, 0.3) is 15.9 Å². The predicted molar refractivity (Wildman–Crippen MR) is 133 cm³/mol. The van der Waals surface area contributed by atoms with Crippen LogP contribution in [-0.2, 0) is 10.0 Å². The summed E-state index contributed by atoms with van der Waals surface area (Å²) < 4.78 is 33.1. The van der Waals surface area contributed by atoms with Gasteiger partial charge in [-0.1, -0.05) is 23.8 Å². The Kier molecular flexibility index (Phi) is 7.92. The van der Waals surface area contributed by atoms with Crippen LogP contribution < -0.4 is 13.9 Å². The summed E-state index contributed by atoms with van der Waals surface area (Å²) in [6.45, 7) is 4.50. The number of aryl methyl sites for hydroxylation is 1. The van der Waals surface area contributed by atoms with Crippen molar-refractivity contribution in [2.75, 3.05) is 29.4 Å². The Bertz CT molecular complexity index is 1280. The Balaban J connectivity index is 1.93. The first kappa shape index (κ1) is 24.8. The second-order valence-corrected chi connectivity index (χ2v) is 9.60. The van der Waals surface area contributed by atoms with E-state index in [2.05, 4.69) is 6.07 Å². The fourth-order valence-corrected chi connectivity index (χ4v) is 4.64. The molecule has 34 heavy (non-hydrogen) atoms. The van der Waals surface area contributed by atoms with Gasteiger partial charge in [-0.15, -0.1) is 0 Å². The molecule has 0 saturated carbocycles. The zero-order valence-electron chi connectivity index (χ0n) is 19.4. The summed E-state index contributed by atoms with van der Waals surface area (Å²) in [5.74, 6) is 0.278. The number of rotatable bonds is 9. The van der Waals surface area contributed by atoms with Crippen molar-refractivity contribution in [3.05, 3.63) is 83.9 Å². The molecule has 0 fully saturated rings. The van der Waals surface area contributed by atoms with Crippen molar-refractivity contribution in [3.63, 3.8) is 0 Å². The number of carbonyl (C=O) groups excluding carboxylic acids is 1. The van der Waals surface area contributed by atoms with E-state index in [4.69, 9.17) is 10.00 Å². The number of amides is 1.